The third-order valence-electron chi connectivity index (χ3n) is 6.40. The van der Waals surface area contributed by atoms with Crippen LogP contribution in [-0.2, 0) is 4.79 Å². The highest BCUT2D eigenvalue weighted by Gasteiger charge is 2.24. The summed E-state index contributed by atoms with van der Waals surface area (Å²) in [7, 11) is 3.22. The van der Waals surface area contributed by atoms with Gasteiger partial charge in [0.05, 0.1) is 31.7 Å². The molecule has 0 spiro atoms. The normalized spacial score (nSPS) is 13.8. The van der Waals surface area contributed by atoms with Crippen molar-refractivity contribution >= 4 is 28.3 Å². The lowest BCUT2D eigenvalue weighted by Gasteiger charge is -2.31. The van der Waals surface area contributed by atoms with E-state index in [0.717, 1.165) is 22.4 Å². The van der Waals surface area contributed by atoms with Crippen molar-refractivity contribution in [3.05, 3.63) is 67.7 Å². The first-order valence-electron chi connectivity index (χ1n) is 12.0. The summed E-state index contributed by atoms with van der Waals surface area (Å²) in [6, 6.07) is 13.2. The van der Waals surface area contributed by atoms with Crippen molar-refractivity contribution < 1.29 is 23.4 Å². The minimum absolute atomic E-state index is 0.0497. The molecule has 4 aromatic rings. The number of amides is 1. The molecule has 1 N–H and O–H groups in total. The van der Waals surface area contributed by atoms with E-state index in [2.05, 4.69) is 21.9 Å². The first-order valence-corrected chi connectivity index (χ1v) is 12.0. The van der Waals surface area contributed by atoms with Gasteiger partial charge in [0.25, 0.3) is 0 Å². The summed E-state index contributed by atoms with van der Waals surface area (Å²) in [5.41, 5.74) is 2.34. The van der Waals surface area contributed by atoms with Crippen LogP contribution in [0.1, 0.15) is 12.8 Å². The van der Waals surface area contributed by atoms with Crippen LogP contribution in [-0.4, -0.2) is 54.2 Å². The zero-order valence-corrected chi connectivity index (χ0v) is 20.8. The van der Waals surface area contributed by atoms with Crippen LogP contribution in [0.2, 0.25) is 0 Å². The van der Waals surface area contributed by atoms with Gasteiger partial charge in [-0.1, -0.05) is 6.58 Å². The number of nitrogens with zero attached hydrogens (tertiary/aromatic N) is 3. The van der Waals surface area contributed by atoms with Gasteiger partial charge in [-0.3, -0.25) is 4.79 Å². The van der Waals surface area contributed by atoms with Gasteiger partial charge < -0.3 is 28.8 Å². The van der Waals surface area contributed by atoms with E-state index in [1.807, 2.05) is 42.5 Å². The summed E-state index contributed by atoms with van der Waals surface area (Å²) in [6.45, 7) is 4.81. The number of benzene rings is 2. The molecule has 190 valence electrons. The van der Waals surface area contributed by atoms with E-state index < -0.39 is 0 Å². The average molecular weight is 501 g/mol. The quantitative estimate of drug-likeness (QED) is 0.329. The molecule has 1 amide bonds. The number of carbonyl (C=O) groups excluding carboxylic acids is 1. The number of piperidine rings is 1. The van der Waals surface area contributed by atoms with Crippen LogP contribution in [0, 0.1) is 0 Å². The second-order valence-electron chi connectivity index (χ2n) is 8.61. The van der Waals surface area contributed by atoms with Gasteiger partial charge in [-0.25, -0.2) is 9.97 Å². The topological polar surface area (TPSA) is 99.0 Å². The molecule has 5 rings (SSSR count). The number of hydrogen-bond acceptors (Lipinski definition) is 8. The summed E-state index contributed by atoms with van der Waals surface area (Å²) in [4.78, 5) is 22.6. The van der Waals surface area contributed by atoms with Crippen LogP contribution < -0.4 is 19.5 Å². The van der Waals surface area contributed by atoms with Crippen molar-refractivity contribution in [3.63, 3.8) is 0 Å². The maximum absolute atomic E-state index is 11.9. The summed E-state index contributed by atoms with van der Waals surface area (Å²) < 4.78 is 23.1. The van der Waals surface area contributed by atoms with Gasteiger partial charge in [0.2, 0.25) is 5.91 Å². The molecule has 0 saturated carbocycles. The van der Waals surface area contributed by atoms with Crippen LogP contribution in [0.25, 0.3) is 22.2 Å². The molecule has 9 heteroatoms. The number of rotatable bonds is 8. The molecule has 1 aliphatic heterocycles. The van der Waals surface area contributed by atoms with E-state index in [1.165, 1.54) is 12.4 Å². The second kappa shape index (κ2) is 10.6. The monoisotopic (exact) mass is 500 g/mol. The fourth-order valence-electron chi connectivity index (χ4n) is 4.45. The summed E-state index contributed by atoms with van der Waals surface area (Å²) in [6.07, 6.45) is 5.87. The standard InChI is InChI=1S/C28H28N4O5/c1-4-27(33)32-11-9-19(10-12-32)37-26-15-20-21(16-25(26)35-3)29-17-30-28(20)31-22-14-18(7-8-24(22)34-2)23-6-5-13-36-23/h4-8,13-17,19H,1,9-12H2,2-3H3,(H,29,30,31). The van der Waals surface area contributed by atoms with Gasteiger partial charge in [0, 0.05) is 42.9 Å². The van der Waals surface area contributed by atoms with Crippen molar-refractivity contribution in [2.45, 2.75) is 18.9 Å². The second-order valence-corrected chi connectivity index (χ2v) is 8.61. The van der Waals surface area contributed by atoms with E-state index in [1.54, 1.807) is 25.4 Å². The molecule has 1 fully saturated rings. The van der Waals surface area contributed by atoms with Crippen molar-refractivity contribution in [3.8, 4) is 28.6 Å². The Labute approximate surface area is 214 Å². The number of nitrogens with one attached hydrogen (secondary N) is 1. The first kappa shape index (κ1) is 24.2. The summed E-state index contributed by atoms with van der Waals surface area (Å²) >= 11 is 0. The molecule has 0 aliphatic carbocycles. The molecule has 37 heavy (non-hydrogen) atoms. The zero-order valence-electron chi connectivity index (χ0n) is 20.8. The number of carbonyl (C=O) groups is 1. The Hall–Kier alpha value is -4.53. The molecule has 3 heterocycles. The van der Waals surface area contributed by atoms with Gasteiger partial charge >= 0.3 is 0 Å². The maximum atomic E-state index is 11.9. The molecule has 1 saturated heterocycles. The lowest BCUT2D eigenvalue weighted by molar-refractivity contribution is -0.127. The first-order chi connectivity index (χ1) is 18.1. The van der Waals surface area contributed by atoms with Crippen LogP contribution in [0.15, 0.2) is 72.1 Å². The lowest BCUT2D eigenvalue weighted by atomic mass is 10.1. The smallest absolute Gasteiger partial charge is 0.245 e. The van der Waals surface area contributed by atoms with Crippen LogP contribution in [0.4, 0.5) is 11.5 Å². The number of fused-ring (bicyclic) bond motifs is 1. The van der Waals surface area contributed by atoms with Gasteiger partial charge in [-0.05, 0) is 42.5 Å². The molecular weight excluding hydrogens is 472 g/mol. The molecule has 0 unspecified atom stereocenters. The van der Waals surface area contributed by atoms with E-state index in [0.29, 0.717) is 54.5 Å². The lowest BCUT2D eigenvalue weighted by Crippen LogP contribution is -2.41. The molecule has 9 nitrogen and oxygen atoms in total. The van der Waals surface area contributed by atoms with Crippen molar-refractivity contribution in [1.82, 2.24) is 14.9 Å². The van der Waals surface area contributed by atoms with E-state index in [-0.39, 0.29) is 12.0 Å². The average Bonchev–Trinajstić information content (AvgIpc) is 3.48. The van der Waals surface area contributed by atoms with Gasteiger partial charge in [0.15, 0.2) is 11.5 Å². The number of aromatic nitrogens is 2. The highest BCUT2D eigenvalue weighted by molar-refractivity contribution is 5.93. The third-order valence-corrected chi connectivity index (χ3v) is 6.40. The number of methoxy groups -OCH3 is 2. The van der Waals surface area contributed by atoms with E-state index >= 15 is 0 Å². The van der Waals surface area contributed by atoms with Crippen molar-refractivity contribution in [2.75, 3.05) is 32.6 Å². The van der Waals surface area contributed by atoms with Gasteiger partial charge in [-0.15, -0.1) is 0 Å². The number of likely N-dealkylation sites (tertiary alicyclic amines) is 1. The number of furan rings is 1. The molecule has 0 atom stereocenters. The fraction of sp³-hybridized carbons (Fsp3) is 0.250. The Bertz CT molecular complexity index is 1410. The predicted molar refractivity (Wildman–Crippen MR) is 140 cm³/mol. The molecule has 2 aromatic heterocycles. The van der Waals surface area contributed by atoms with Crippen molar-refractivity contribution in [1.29, 1.82) is 0 Å². The predicted octanol–water partition coefficient (Wildman–Crippen LogP) is 5.21. The molecule has 1 aliphatic rings. The van der Waals surface area contributed by atoms with Gasteiger partial charge in [0.1, 0.15) is 29.8 Å². The number of hydrogen-bond donors (Lipinski definition) is 1. The Kier molecular flexibility index (Phi) is 6.93. The fourth-order valence-corrected chi connectivity index (χ4v) is 4.45. The Balaban J connectivity index is 1.45. The van der Waals surface area contributed by atoms with Crippen LogP contribution in [0.5, 0.6) is 17.2 Å². The van der Waals surface area contributed by atoms with Crippen molar-refractivity contribution in [2.24, 2.45) is 0 Å². The Morgan fingerprint density at radius 3 is 2.59 bits per heavy atom. The highest BCUT2D eigenvalue weighted by atomic mass is 16.5. The summed E-state index contributed by atoms with van der Waals surface area (Å²) in [5.74, 6) is 3.13. The summed E-state index contributed by atoms with van der Waals surface area (Å²) in [5, 5.41) is 4.16. The molecule has 0 radical (unpaired) electrons. The van der Waals surface area contributed by atoms with Crippen LogP contribution in [0.3, 0.4) is 0 Å². The number of anilines is 2. The maximum Gasteiger partial charge on any atom is 0.245 e. The molecular formula is C28H28N4O5. The Morgan fingerprint density at radius 1 is 1.08 bits per heavy atom. The Morgan fingerprint density at radius 2 is 1.89 bits per heavy atom. The number of ether oxygens (including phenoxy) is 3. The molecule has 0 bridgehead atoms. The van der Waals surface area contributed by atoms with E-state index in [4.69, 9.17) is 18.6 Å². The SMILES string of the molecule is C=CC(=O)N1CCC(Oc2cc3c(Nc4cc(-c5ccco5)ccc4OC)ncnc3cc2OC)CC1. The van der Waals surface area contributed by atoms with E-state index in [9.17, 15) is 4.79 Å². The van der Waals surface area contributed by atoms with Crippen LogP contribution >= 0.6 is 0 Å². The highest BCUT2D eigenvalue weighted by Crippen LogP contribution is 2.38. The zero-order chi connectivity index (χ0) is 25.8. The largest absolute Gasteiger partial charge is 0.495 e. The molecule has 2 aromatic carbocycles. The minimum Gasteiger partial charge on any atom is -0.495 e. The third kappa shape index (κ3) is 5.06. The van der Waals surface area contributed by atoms with Gasteiger partial charge in [-0.2, -0.15) is 0 Å². The minimum atomic E-state index is -0.0545.